The van der Waals surface area contributed by atoms with E-state index in [4.69, 9.17) is 0 Å². The molecule has 0 radical (unpaired) electrons. The molecule has 1 aliphatic carbocycles. The molecule has 0 bridgehead atoms. The Bertz CT molecular complexity index is 296. The Balaban J connectivity index is 1.95. The van der Waals surface area contributed by atoms with Gasteiger partial charge in [-0.2, -0.15) is 0 Å². The molecule has 1 heterocycles. The lowest BCUT2D eigenvalue weighted by molar-refractivity contribution is -0.139. The lowest BCUT2D eigenvalue weighted by atomic mass is 9.87. The van der Waals surface area contributed by atoms with Gasteiger partial charge in [0.25, 0.3) is 0 Å². The van der Waals surface area contributed by atoms with E-state index in [1.807, 2.05) is 0 Å². The first-order valence-electron chi connectivity index (χ1n) is 7.75. The predicted molar refractivity (Wildman–Crippen MR) is 78.0 cm³/mol. The molecule has 2 fully saturated rings. The van der Waals surface area contributed by atoms with Crippen LogP contribution in [0.1, 0.15) is 32.6 Å². The van der Waals surface area contributed by atoms with Gasteiger partial charge in [-0.05, 0) is 45.9 Å². The minimum absolute atomic E-state index is 0.184. The Morgan fingerprint density at radius 1 is 1.21 bits per heavy atom. The van der Waals surface area contributed by atoms with E-state index in [0.717, 1.165) is 26.2 Å². The van der Waals surface area contributed by atoms with Gasteiger partial charge in [0, 0.05) is 25.0 Å². The fourth-order valence-electron chi connectivity index (χ4n) is 3.12. The number of nitrogens with zero attached hydrogens (tertiary/aromatic N) is 2. The number of hydrogen-bond acceptors (Lipinski definition) is 3. The van der Waals surface area contributed by atoms with Gasteiger partial charge >= 0.3 is 0 Å². The van der Waals surface area contributed by atoms with E-state index in [9.17, 15) is 4.79 Å². The molecule has 4 heteroatoms. The zero-order chi connectivity index (χ0) is 13.8. The molecule has 2 rings (SSSR count). The summed E-state index contributed by atoms with van der Waals surface area (Å²) in [7, 11) is 4.16. The van der Waals surface area contributed by atoms with Gasteiger partial charge in [0.15, 0.2) is 0 Å². The lowest BCUT2D eigenvalue weighted by Gasteiger charge is -2.37. The molecule has 0 aromatic heterocycles. The summed E-state index contributed by atoms with van der Waals surface area (Å²) in [6, 6.07) is 0.503. The molecular weight excluding hydrogens is 238 g/mol. The van der Waals surface area contributed by atoms with E-state index in [-0.39, 0.29) is 5.92 Å². The fourth-order valence-corrected chi connectivity index (χ4v) is 3.12. The van der Waals surface area contributed by atoms with Gasteiger partial charge in [-0.3, -0.25) is 4.79 Å². The molecule has 0 aromatic carbocycles. The van der Waals surface area contributed by atoms with E-state index in [2.05, 4.69) is 36.1 Å². The van der Waals surface area contributed by atoms with Crippen molar-refractivity contribution < 1.29 is 4.79 Å². The summed E-state index contributed by atoms with van der Waals surface area (Å²) in [5, 5.41) is 3.28. The molecule has 1 aliphatic heterocycles. The molecule has 110 valence electrons. The molecule has 1 unspecified atom stereocenters. The summed E-state index contributed by atoms with van der Waals surface area (Å²) < 4.78 is 0. The van der Waals surface area contributed by atoms with E-state index in [0.29, 0.717) is 17.9 Å². The highest BCUT2D eigenvalue weighted by Gasteiger charge is 2.34. The van der Waals surface area contributed by atoms with Gasteiger partial charge in [-0.15, -0.1) is 0 Å². The first-order valence-corrected chi connectivity index (χ1v) is 7.75. The van der Waals surface area contributed by atoms with Crippen LogP contribution in [0, 0.1) is 11.8 Å². The fraction of sp³-hybridized carbons (Fsp3) is 0.933. The van der Waals surface area contributed by atoms with Crippen LogP contribution in [-0.2, 0) is 4.79 Å². The second kappa shape index (κ2) is 6.71. The largest absolute Gasteiger partial charge is 0.338 e. The average Bonchev–Trinajstić information content (AvgIpc) is 2.79. The quantitative estimate of drug-likeness (QED) is 0.785. The predicted octanol–water partition coefficient (Wildman–Crippen LogP) is 1.17. The first-order chi connectivity index (χ1) is 9.09. The molecular formula is C15H29N3O. The number of carbonyl (C=O) groups is 1. The Hall–Kier alpha value is -0.610. The SMILES string of the molecule is CC(C(=O)N(CCN(C)C)C1CCCC1)C1CNC1. The molecule has 1 saturated carbocycles. The summed E-state index contributed by atoms with van der Waals surface area (Å²) in [5.41, 5.74) is 0. The lowest BCUT2D eigenvalue weighted by Crippen LogP contribution is -2.52. The number of nitrogens with one attached hydrogen (secondary N) is 1. The third-order valence-corrected chi connectivity index (χ3v) is 4.75. The zero-order valence-electron chi connectivity index (χ0n) is 12.7. The maximum atomic E-state index is 12.8. The van der Waals surface area contributed by atoms with Gasteiger partial charge in [-0.1, -0.05) is 19.8 Å². The maximum Gasteiger partial charge on any atom is 0.226 e. The molecule has 2 aliphatic rings. The summed E-state index contributed by atoms with van der Waals surface area (Å²) in [4.78, 5) is 17.1. The van der Waals surface area contributed by atoms with Crippen molar-refractivity contribution in [3.05, 3.63) is 0 Å². The summed E-state index contributed by atoms with van der Waals surface area (Å²) in [6.07, 6.45) is 4.98. The van der Waals surface area contributed by atoms with Crippen molar-refractivity contribution in [1.29, 1.82) is 0 Å². The van der Waals surface area contributed by atoms with Crippen molar-refractivity contribution in [2.75, 3.05) is 40.3 Å². The third-order valence-electron chi connectivity index (χ3n) is 4.75. The van der Waals surface area contributed by atoms with Crippen molar-refractivity contribution in [3.63, 3.8) is 0 Å². The van der Waals surface area contributed by atoms with Crippen LogP contribution in [0.15, 0.2) is 0 Å². The van der Waals surface area contributed by atoms with Crippen molar-refractivity contribution in [2.24, 2.45) is 11.8 Å². The summed E-state index contributed by atoms with van der Waals surface area (Å²) in [5.74, 6) is 1.13. The minimum Gasteiger partial charge on any atom is -0.338 e. The molecule has 1 amide bonds. The number of carbonyl (C=O) groups excluding carboxylic acids is 1. The van der Waals surface area contributed by atoms with E-state index in [1.54, 1.807) is 0 Å². The number of hydrogen-bond donors (Lipinski definition) is 1. The van der Waals surface area contributed by atoms with Crippen LogP contribution in [0.3, 0.4) is 0 Å². The van der Waals surface area contributed by atoms with Crippen LogP contribution in [0.25, 0.3) is 0 Å². The second-order valence-corrected chi connectivity index (χ2v) is 6.48. The van der Waals surface area contributed by atoms with E-state index < -0.39 is 0 Å². The van der Waals surface area contributed by atoms with Gasteiger partial charge in [0.2, 0.25) is 5.91 Å². The molecule has 1 atom stereocenters. The molecule has 0 spiro atoms. The highest BCUT2D eigenvalue weighted by atomic mass is 16.2. The smallest absolute Gasteiger partial charge is 0.226 e. The van der Waals surface area contributed by atoms with E-state index >= 15 is 0 Å². The zero-order valence-corrected chi connectivity index (χ0v) is 12.7. The minimum atomic E-state index is 0.184. The van der Waals surface area contributed by atoms with Gasteiger partial charge in [0.05, 0.1) is 0 Å². The highest BCUT2D eigenvalue weighted by Crippen LogP contribution is 2.27. The monoisotopic (exact) mass is 267 g/mol. The summed E-state index contributed by atoms with van der Waals surface area (Å²) >= 11 is 0. The summed E-state index contributed by atoms with van der Waals surface area (Å²) in [6.45, 7) is 6.00. The highest BCUT2D eigenvalue weighted by molar-refractivity contribution is 5.79. The van der Waals surface area contributed by atoms with Crippen LogP contribution < -0.4 is 5.32 Å². The normalized spacial score (nSPS) is 22.5. The number of amides is 1. The van der Waals surface area contributed by atoms with Gasteiger partial charge < -0.3 is 15.1 Å². The van der Waals surface area contributed by atoms with Crippen molar-refractivity contribution in [1.82, 2.24) is 15.1 Å². The van der Waals surface area contributed by atoms with Crippen molar-refractivity contribution in [2.45, 2.75) is 38.6 Å². The van der Waals surface area contributed by atoms with E-state index in [1.165, 1.54) is 25.7 Å². The first kappa shape index (κ1) is 14.8. The van der Waals surface area contributed by atoms with Crippen molar-refractivity contribution in [3.8, 4) is 0 Å². The average molecular weight is 267 g/mol. The molecule has 1 N–H and O–H groups in total. The Labute approximate surface area is 117 Å². The molecule has 1 saturated heterocycles. The topological polar surface area (TPSA) is 35.6 Å². The number of rotatable bonds is 6. The van der Waals surface area contributed by atoms with Gasteiger partial charge in [-0.25, -0.2) is 0 Å². The van der Waals surface area contributed by atoms with Crippen LogP contribution >= 0.6 is 0 Å². The van der Waals surface area contributed by atoms with Crippen molar-refractivity contribution >= 4 is 5.91 Å². The van der Waals surface area contributed by atoms with Crippen LogP contribution in [0.5, 0.6) is 0 Å². The van der Waals surface area contributed by atoms with Crippen LogP contribution in [0.2, 0.25) is 0 Å². The van der Waals surface area contributed by atoms with Crippen LogP contribution in [0.4, 0.5) is 0 Å². The van der Waals surface area contributed by atoms with Crippen LogP contribution in [-0.4, -0.2) is 62.0 Å². The molecule has 0 aromatic rings. The Morgan fingerprint density at radius 2 is 1.84 bits per heavy atom. The second-order valence-electron chi connectivity index (χ2n) is 6.48. The molecule has 4 nitrogen and oxygen atoms in total. The Kier molecular flexibility index (Phi) is 5.22. The third kappa shape index (κ3) is 3.69. The maximum absolute atomic E-state index is 12.8. The van der Waals surface area contributed by atoms with Gasteiger partial charge in [0.1, 0.15) is 0 Å². The Morgan fingerprint density at radius 3 is 2.32 bits per heavy atom. The standard InChI is InChI=1S/C15H29N3O/c1-12(13-10-16-11-13)15(19)18(9-8-17(2)3)14-6-4-5-7-14/h12-14,16H,4-11H2,1-3H3. The number of likely N-dealkylation sites (N-methyl/N-ethyl adjacent to an activating group) is 1. The molecule has 19 heavy (non-hydrogen) atoms.